The minimum absolute atomic E-state index is 0.159. The average Bonchev–Trinajstić information content (AvgIpc) is 3.12. The highest BCUT2D eigenvalue weighted by molar-refractivity contribution is 7.98. The molecule has 2 heterocycles. The van der Waals surface area contributed by atoms with Crippen molar-refractivity contribution in [2.45, 2.75) is 51.7 Å². The second-order valence-corrected chi connectivity index (χ2v) is 8.58. The van der Waals surface area contributed by atoms with Crippen molar-refractivity contribution in [2.75, 3.05) is 11.6 Å². The summed E-state index contributed by atoms with van der Waals surface area (Å²) in [5.74, 6) is -0.214. The molecule has 3 rings (SSSR count). The number of para-hydroxylation sites is 1. The Kier molecular flexibility index (Phi) is 6.25. The van der Waals surface area contributed by atoms with Crippen LogP contribution in [0.1, 0.15) is 42.8 Å². The topological polar surface area (TPSA) is 64.0 Å². The molecule has 0 aliphatic heterocycles. The Morgan fingerprint density at radius 1 is 1.32 bits per heavy atom. The van der Waals surface area contributed by atoms with Gasteiger partial charge in [0.2, 0.25) is 5.91 Å². The van der Waals surface area contributed by atoms with E-state index in [2.05, 4.69) is 24.1 Å². The molecular weight excluding hydrogens is 390 g/mol. The molecule has 5 nitrogen and oxygen atoms in total. The summed E-state index contributed by atoms with van der Waals surface area (Å²) < 4.78 is 1.51. The van der Waals surface area contributed by atoms with Crippen LogP contribution in [0.3, 0.4) is 0 Å². The molecule has 0 radical (unpaired) electrons. The molecule has 1 amide bonds. The molecule has 0 bridgehead atoms. The van der Waals surface area contributed by atoms with Crippen LogP contribution in [-0.4, -0.2) is 21.7 Å². The minimum atomic E-state index is -0.666. The number of thioether (sulfide) groups is 1. The van der Waals surface area contributed by atoms with Gasteiger partial charge in [0, 0.05) is 10.6 Å². The van der Waals surface area contributed by atoms with Crippen LogP contribution in [-0.2, 0) is 17.6 Å². The summed E-state index contributed by atoms with van der Waals surface area (Å²) in [5.41, 5.74) is 2.76. The standard InChI is InChI=1S/C21H25N3O2S2/c1-6-14-10-8-9-12(3)17(14)22-18(25)13(4)24-20(26)16-11-15(7-2)28-19(16)23-21(24)27-5/h8-11,13H,6-7H2,1-5H3,(H,22,25). The molecule has 0 fully saturated rings. The molecular formula is C21H25N3O2S2. The molecule has 28 heavy (non-hydrogen) atoms. The molecule has 0 aliphatic carbocycles. The van der Waals surface area contributed by atoms with E-state index in [1.54, 1.807) is 18.3 Å². The molecule has 0 aliphatic rings. The van der Waals surface area contributed by atoms with Crippen molar-refractivity contribution in [1.29, 1.82) is 0 Å². The normalized spacial score (nSPS) is 12.3. The fourth-order valence-corrected chi connectivity index (χ4v) is 4.87. The predicted molar refractivity (Wildman–Crippen MR) is 119 cm³/mol. The molecule has 0 spiro atoms. The van der Waals surface area contributed by atoms with Crippen molar-refractivity contribution in [2.24, 2.45) is 0 Å². The first-order valence-electron chi connectivity index (χ1n) is 9.39. The van der Waals surface area contributed by atoms with Gasteiger partial charge >= 0.3 is 0 Å². The van der Waals surface area contributed by atoms with Gasteiger partial charge in [0.1, 0.15) is 10.9 Å². The van der Waals surface area contributed by atoms with E-state index in [4.69, 9.17) is 0 Å². The summed E-state index contributed by atoms with van der Waals surface area (Å²) in [7, 11) is 0. The molecule has 1 aromatic carbocycles. The van der Waals surface area contributed by atoms with Gasteiger partial charge in [-0.15, -0.1) is 11.3 Å². The first-order chi connectivity index (χ1) is 13.4. The largest absolute Gasteiger partial charge is 0.324 e. The van der Waals surface area contributed by atoms with Crippen molar-refractivity contribution in [3.05, 3.63) is 50.6 Å². The molecule has 148 valence electrons. The van der Waals surface area contributed by atoms with E-state index >= 15 is 0 Å². The Hall–Kier alpha value is -2.12. The lowest BCUT2D eigenvalue weighted by atomic mass is 10.1. The third-order valence-electron chi connectivity index (χ3n) is 4.90. The number of thiophene rings is 1. The van der Waals surface area contributed by atoms with E-state index in [0.717, 1.165) is 39.4 Å². The number of carbonyl (C=O) groups is 1. The summed E-state index contributed by atoms with van der Waals surface area (Å²) in [6, 6.07) is 7.21. The molecule has 1 atom stereocenters. The van der Waals surface area contributed by atoms with Gasteiger partial charge in [-0.05, 0) is 50.1 Å². The van der Waals surface area contributed by atoms with Gasteiger partial charge in [-0.2, -0.15) is 0 Å². The lowest BCUT2D eigenvalue weighted by molar-refractivity contribution is -0.119. The summed E-state index contributed by atoms with van der Waals surface area (Å²) in [6.45, 7) is 7.84. The summed E-state index contributed by atoms with van der Waals surface area (Å²) in [5, 5.41) is 4.19. The van der Waals surface area contributed by atoms with E-state index in [1.165, 1.54) is 16.3 Å². The number of anilines is 1. The maximum atomic E-state index is 13.2. The smallest absolute Gasteiger partial charge is 0.263 e. The average molecular weight is 416 g/mol. The molecule has 7 heteroatoms. The van der Waals surface area contributed by atoms with Crippen molar-refractivity contribution >= 4 is 44.9 Å². The number of fused-ring (bicyclic) bond motifs is 1. The second kappa shape index (κ2) is 8.49. The van der Waals surface area contributed by atoms with E-state index in [1.807, 2.05) is 37.4 Å². The van der Waals surface area contributed by atoms with Crippen molar-refractivity contribution in [3.63, 3.8) is 0 Å². The zero-order chi connectivity index (χ0) is 20.4. The van der Waals surface area contributed by atoms with Crippen LogP contribution in [0.5, 0.6) is 0 Å². The summed E-state index contributed by atoms with van der Waals surface area (Å²) in [4.78, 5) is 32.7. The highest BCUT2D eigenvalue weighted by Crippen LogP contribution is 2.27. The number of aryl methyl sites for hydroxylation is 3. The maximum absolute atomic E-state index is 13.2. The highest BCUT2D eigenvalue weighted by Gasteiger charge is 2.23. The van der Waals surface area contributed by atoms with Crippen molar-refractivity contribution in [3.8, 4) is 0 Å². The van der Waals surface area contributed by atoms with Crippen LogP contribution in [0.4, 0.5) is 5.69 Å². The van der Waals surface area contributed by atoms with Gasteiger partial charge in [-0.25, -0.2) is 4.98 Å². The lowest BCUT2D eigenvalue weighted by Gasteiger charge is -2.20. The number of aromatic nitrogens is 2. The third-order valence-corrected chi connectivity index (χ3v) is 6.73. The fourth-order valence-electron chi connectivity index (χ4n) is 3.23. The Morgan fingerprint density at radius 3 is 2.71 bits per heavy atom. The number of nitrogens with zero attached hydrogens (tertiary/aromatic N) is 2. The lowest BCUT2D eigenvalue weighted by Crippen LogP contribution is -2.33. The van der Waals surface area contributed by atoms with E-state index in [0.29, 0.717) is 10.5 Å². The van der Waals surface area contributed by atoms with Gasteiger partial charge in [0.25, 0.3) is 5.56 Å². The Balaban J connectivity index is 2.03. The number of carbonyl (C=O) groups excluding carboxylic acids is 1. The molecule has 3 aromatic rings. The molecule has 0 saturated carbocycles. The molecule has 1 unspecified atom stereocenters. The Bertz CT molecular complexity index is 1090. The van der Waals surface area contributed by atoms with Crippen LogP contribution >= 0.6 is 23.1 Å². The van der Waals surface area contributed by atoms with Gasteiger partial charge in [0.15, 0.2) is 5.16 Å². The Labute approximate surface area is 173 Å². The molecule has 2 aromatic heterocycles. The number of nitrogens with one attached hydrogen (secondary N) is 1. The number of amides is 1. The maximum Gasteiger partial charge on any atom is 0.263 e. The third kappa shape index (κ3) is 3.73. The zero-order valence-electron chi connectivity index (χ0n) is 16.8. The van der Waals surface area contributed by atoms with E-state index in [-0.39, 0.29) is 11.5 Å². The van der Waals surface area contributed by atoms with Crippen LogP contribution in [0.25, 0.3) is 10.2 Å². The number of rotatable bonds is 6. The van der Waals surface area contributed by atoms with Gasteiger partial charge in [0.05, 0.1) is 5.39 Å². The summed E-state index contributed by atoms with van der Waals surface area (Å²) in [6.07, 6.45) is 3.56. The SMILES string of the molecule is CCc1cc2c(=O)n(C(C)C(=O)Nc3c(C)cccc3CC)c(SC)nc2s1. The van der Waals surface area contributed by atoms with Gasteiger partial charge in [-0.3, -0.25) is 14.2 Å². The number of hydrogen-bond acceptors (Lipinski definition) is 5. The quantitative estimate of drug-likeness (QED) is 0.463. The molecule has 0 saturated heterocycles. The van der Waals surface area contributed by atoms with Crippen LogP contribution in [0.15, 0.2) is 34.2 Å². The van der Waals surface area contributed by atoms with Crippen molar-refractivity contribution in [1.82, 2.24) is 9.55 Å². The Morgan fingerprint density at radius 2 is 2.07 bits per heavy atom. The van der Waals surface area contributed by atoms with Gasteiger partial charge in [-0.1, -0.05) is 43.8 Å². The van der Waals surface area contributed by atoms with Crippen LogP contribution in [0, 0.1) is 6.92 Å². The summed E-state index contributed by atoms with van der Waals surface area (Å²) >= 11 is 2.92. The fraction of sp³-hybridized carbons (Fsp3) is 0.381. The van der Waals surface area contributed by atoms with Crippen LogP contribution < -0.4 is 10.9 Å². The van der Waals surface area contributed by atoms with Crippen LogP contribution in [0.2, 0.25) is 0 Å². The predicted octanol–water partition coefficient (Wildman–Crippen LogP) is 4.81. The van der Waals surface area contributed by atoms with Gasteiger partial charge < -0.3 is 5.32 Å². The number of benzene rings is 1. The molecule has 1 N–H and O–H groups in total. The highest BCUT2D eigenvalue weighted by atomic mass is 32.2. The zero-order valence-corrected chi connectivity index (χ0v) is 18.5. The van der Waals surface area contributed by atoms with E-state index < -0.39 is 6.04 Å². The monoisotopic (exact) mass is 415 g/mol. The minimum Gasteiger partial charge on any atom is -0.324 e. The first-order valence-corrected chi connectivity index (χ1v) is 11.4. The van der Waals surface area contributed by atoms with Crippen molar-refractivity contribution < 1.29 is 4.79 Å². The first kappa shape index (κ1) is 20.6. The number of hydrogen-bond donors (Lipinski definition) is 1. The second-order valence-electron chi connectivity index (χ2n) is 6.69. The van der Waals surface area contributed by atoms with E-state index in [9.17, 15) is 9.59 Å².